The zero-order valence-corrected chi connectivity index (χ0v) is 12.8. The Labute approximate surface area is 126 Å². The molecular formula is C19H22N2. The largest absolute Gasteiger partial charge is 0.339 e. The normalized spacial score (nSPS) is 11.1. The van der Waals surface area contributed by atoms with Gasteiger partial charge >= 0.3 is 0 Å². The van der Waals surface area contributed by atoms with Crippen molar-refractivity contribution in [2.24, 2.45) is 0 Å². The smallest absolute Gasteiger partial charge is 0.0486 e. The van der Waals surface area contributed by atoms with Gasteiger partial charge in [-0.1, -0.05) is 55.0 Å². The Morgan fingerprint density at radius 3 is 2.67 bits per heavy atom. The van der Waals surface area contributed by atoms with Crippen LogP contribution in [0, 0.1) is 6.92 Å². The van der Waals surface area contributed by atoms with Crippen LogP contribution in [0.15, 0.2) is 54.6 Å². The quantitative estimate of drug-likeness (QED) is 0.743. The van der Waals surface area contributed by atoms with Crippen LogP contribution < -0.4 is 5.32 Å². The van der Waals surface area contributed by atoms with E-state index in [-0.39, 0.29) is 0 Å². The molecule has 0 fully saturated rings. The van der Waals surface area contributed by atoms with Crippen molar-refractivity contribution in [3.8, 4) is 0 Å². The summed E-state index contributed by atoms with van der Waals surface area (Å²) in [6.07, 6.45) is 0. The molecule has 0 amide bonds. The Morgan fingerprint density at radius 2 is 1.86 bits per heavy atom. The maximum absolute atomic E-state index is 3.44. The highest BCUT2D eigenvalue weighted by molar-refractivity contribution is 5.81. The number of hydrogen-bond acceptors (Lipinski definition) is 1. The van der Waals surface area contributed by atoms with Crippen molar-refractivity contribution in [2.75, 3.05) is 6.54 Å². The molecule has 1 N–H and O–H groups in total. The maximum Gasteiger partial charge on any atom is 0.0486 e. The average Bonchev–Trinajstić information content (AvgIpc) is 2.83. The molecule has 0 radical (unpaired) electrons. The zero-order valence-electron chi connectivity index (χ0n) is 12.8. The second-order valence-corrected chi connectivity index (χ2v) is 5.55. The number of rotatable bonds is 5. The molecule has 0 saturated heterocycles. The summed E-state index contributed by atoms with van der Waals surface area (Å²) in [5.41, 5.74) is 5.33. The van der Waals surface area contributed by atoms with Gasteiger partial charge in [-0.15, -0.1) is 0 Å². The highest BCUT2D eigenvalue weighted by Gasteiger charge is 2.08. The third kappa shape index (κ3) is 3.01. The standard InChI is InChI=1S/C19H22N2/c1-3-20-13-18-12-17-9-4-5-10-19(17)21(18)14-16-8-6-7-15(2)11-16/h4-12,20H,3,13-14H2,1-2H3. The van der Waals surface area contributed by atoms with Crippen molar-refractivity contribution in [1.29, 1.82) is 0 Å². The lowest BCUT2D eigenvalue weighted by Gasteiger charge is -2.12. The molecule has 3 rings (SSSR count). The maximum atomic E-state index is 3.44. The fourth-order valence-corrected chi connectivity index (χ4v) is 2.85. The number of nitrogens with one attached hydrogen (secondary N) is 1. The van der Waals surface area contributed by atoms with E-state index in [1.54, 1.807) is 0 Å². The van der Waals surface area contributed by atoms with Crippen LogP contribution in [0.3, 0.4) is 0 Å². The first kappa shape index (κ1) is 13.9. The Balaban J connectivity index is 2.02. The van der Waals surface area contributed by atoms with E-state index in [0.717, 1.165) is 19.6 Å². The van der Waals surface area contributed by atoms with Crippen molar-refractivity contribution in [3.05, 3.63) is 71.4 Å². The van der Waals surface area contributed by atoms with Crippen LogP contribution in [-0.2, 0) is 13.1 Å². The topological polar surface area (TPSA) is 17.0 Å². The van der Waals surface area contributed by atoms with Crippen molar-refractivity contribution in [1.82, 2.24) is 9.88 Å². The molecule has 0 unspecified atom stereocenters. The minimum Gasteiger partial charge on any atom is -0.339 e. The van der Waals surface area contributed by atoms with Gasteiger partial charge < -0.3 is 9.88 Å². The molecule has 2 heteroatoms. The van der Waals surface area contributed by atoms with E-state index in [1.807, 2.05) is 0 Å². The lowest BCUT2D eigenvalue weighted by Crippen LogP contribution is -2.15. The summed E-state index contributed by atoms with van der Waals surface area (Å²) in [6.45, 7) is 7.13. The Kier molecular flexibility index (Phi) is 4.07. The minimum absolute atomic E-state index is 0.914. The van der Waals surface area contributed by atoms with E-state index < -0.39 is 0 Å². The fourth-order valence-electron chi connectivity index (χ4n) is 2.85. The average molecular weight is 278 g/mol. The lowest BCUT2D eigenvalue weighted by atomic mass is 10.1. The summed E-state index contributed by atoms with van der Waals surface area (Å²) >= 11 is 0. The third-order valence-electron chi connectivity index (χ3n) is 3.88. The second kappa shape index (κ2) is 6.15. The van der Waals surface area contributed by atoms with Crippen LogP contribution in [0.2, 0.25) is 0 Å². The molecule has 0 aliphatic carbocycles. The molecule has 3 aromatic rings. The number of benzene rings is 2. The molecule has 1 aromatic heterocycles. The molecule has 2 aromatic carbocycles. The molecule has 0 aliphatic rings. The molecular weight excluding hydrogens is 256 g/mol. The van der Waals surface area contributed by atoms with E-state index in [2.05, 4.69) is 78.3 Å². The molecule has 0 spiro atoms. The van der Waals surface area contributed by atoms with Crippen molar-refractivity contribution >= 4 is 10.9 Å². The monoisotopic (exact) mass is 278 g/mol. The molecule has 0 bridgehead atoms. The zero-order chi connectivity index (χ0) is 14.7. The van der Waals surface area contributed by atoms with Crippen LogP contribution >= 0.6 is 0 Å². The summed E-state index contributed by atoms with van der Waals surface area (Å²) in [6, 6.07) is 19.7. The summed E-state index contributed by atoms with van der Waals surface area (Å²) in [5.74, 6) is 0. The van der Waals surface area contributed by atoms with Crippen molar-refractivity contribution in [2.45, 2.75) is 26.9 Å². The number of aromatic nitrogens is 1. The summed E-state index contributed by atoms with van der Waals surface area (Å²) in [4.78, 5) is 0. The highest BCUT2D eigenvalue weighted by atomic mass is 15.0. The highest BCUT2D eigenvalue weighted by Crippen LogP contribution is 2.21. The van der Waals surface area contributed by atoms with Gasteiger partial charge in [0.05, 0.1) is 0 Å². The van der Waals surface area contributed by atoms with Gasteiger partial charge in [0.1, 0.15) is 0 Å². The van der Waals surface area contributed by atoms with Gasteiger partial charge in [-0.3, -0.25) is 0 Å². The van der Waals surface area contributed by atoms with Crippen molar-refractivity contribution in [3.63, 3.8) is 0 Å². The van der Waals surface area contributed by atoms with Crippen LogP contribution in [0.1, 0.15) is 23.7 Å². The minimum atomic E-state index is 0.914. The predicted molar refractivity (Wildman–Crippen MR) is 89.6 cm³/mol. The van der Waals surface area contributed by atoms with Crippen LogP contribution in [0.4, 0.5) is 0 Å². The molecule has 21 heavy (non-hydrogen) atoms. The van der Waals surface area contributed by atoms with Gasteiger partial charge in [-0.25, -0.2) is 0 Å². The van der Waals surface area contributed by atoms with Gasteiger partial charge in [0, 0.05) is 24.3 Å². The number of nitrogens with zero attached hydrogens (tertiary/aromatic N) is 1. The molecule has 2 nitrogen and oxygen atoms in total. The summed E-state index contributed by atoms with van der Waals surface area (Å²) < 4.78 is 2.42. The number of para-hydroxylation sites is 1. The molecule has 1 heterocycles. The Morgan fingerprint density at radius 1 is 1.00 bits per heavy atom. The van der Waals surface area contributed by atoms with E-state index >= 15 is 0 Å². The van der Waals surface area contributed by atoms with Gasteiger partial charge in [0.15, 0.2) is 0 Å². The summed E-state index contributed by atoms with van der Waals surface area (Å²) in [5, 5.41) is 4.76. The second-order valence-electron chi connectivity index (χ2n) is 5.55. The van der Waals surface area contributed by atoms with Gasteiger partial charge in [-0.2, -0.15) is 0 Å². The van der Waals surface area contributed by atoms with Crippen LogP contribution in [0.25, 0.3) is 10.9 Å². The first-order valence-electron chi connectivity index (χ1n) is 7.61. The van der Waals surface area contributed by atoms with E-state index in [0.29, 0.717) is 0 Å². The van der Waals surface area contributed by atoms with E-state index in [9.17, 15) is 0 Å². The molecule has 108 valence electrons. The molecule has 0 aliphatic heterocycles. The Hall–Kier alpha value is -2.06. The van der Waals surface area contributed by atoms with Gasteiger partial charge in [0.25, 0.3) is 0 Å². The SMILES string of the molecule is CCNCc1cc2ccccc2n1Cc1cccc(C)c1. The predicted octanol–water partition coefficient (Wildman–Crippen LogP) is 4.11. The Bertz CT molecular complexity index is 740. The molecule has 0 atom stereocenters. The van der Waals surface area contributed by atoms with Gasteiger partial charge in [-0.05, 0) is 36.6 Å². The van der Waals surface area contributed by atoms with E-state index in [1.165, 1.54) is 27.7 Å². The van der Waals surface area contributed by atoms with Gasteiger partial charge in [0.2, 0.25) is 0 Å². The van der Waals surface area contributed by atoms with Crippen molar-refractivity contribution < 1.29 is 0 Å². The number of aryl methyl sites for hydroxylation is 1. The first-order valence-corrected chi connectivity index (χ1v) is 7.61. The number of fused-ring (bicyclic) bond motifs is 1. The first-order chi connectivity index (χ1) is 10.3. The third-order valence-corrected chi connectivity index (χ3v) is 3.88. The summed E-state index contributed by atoms with van der Waals surface area (Å²) in [7, 11) is 0. The van der Waals surface area contributed by atoms with Crippen LogP contribution in [0.5, 0.6) is 0 Å². The van der Waals surface area contributed by atoms with E-state index in [4.69, 9.17) is 0 Å². The lowest BCUT2D eigenvalue weighted by molar-refractivity contribution is 0.666. The number of hydrogen-bond donors (Lipinski definition) is 1. The molecule has 0 saturated carbocycles. The van der Waals surface area contributed by atoms with Crippen LogP contribution in [-0.4, -0.2) is 11.1 Å². The fraction of sp³-hybridized carbons (Fsp3) is 0.263.